The van der Waals surface area contributed by atoms with Gasteiger partial charge in [0, 0.05) is 0 Å². The average Bonchev–Trinajstić information content (AvgIpc) is 3.07. The van der Waals surface area contributed by atoms with Gasteiger partial charge >= 0.3 is 284 Å². The van der Waals surface area contributed by atoms with Crippen molar-refractivity contribution in [3.05, 3.63) is 103 Å². The molecule has 0 N–H and O–H groups in total. The Hall–Kier alpha value is -2.58. The van der Waals surface area contributed by atoms with Crippen LogP contribution in [-0.4, -0.2) is 27.4 Å². The second-order valence-corrected chi connectivity index (χ2v) is 15.6. The van der Waals surface area contributed by atoms with Crippen LogP contribution >= 0.6 is 0 Å². The molecule has 0 bridgehead atoms. The molecule has 0 spiro atoms. The zero-order chi connectivity index (χ0) is 37.7. The molecule has 50 heavy (non-hydrogen) atoms. The molecule has 0 aliphatic rings. The summed E-state index contributed by atoms with van der Waals surface area (Å²) in [5, 5.41) is 0. The number of hydrogen-bond donors (Lipinski definition) is 0. The molecule has 3 aromatic carbocycles. The quantitative estimate of drug-likeness (QED) is 0.101. The summed E-state index contributed by atoms with van der Waals surface area (Å²) in [6, 6.07) is 0. The van der Waals surface area contributed by atoms with Gasteiger partial charge in [0.15, 0.2) is 0 Å². The fourth-order valence-electron chi connectivity index (χ4n) is 4.36. The molecule has 278 valence electrons. The zero-order valence-corrected chi connectivity index (χ0v) is 29.2. The van der Waals surface area contributed by atoms with Crippen molar-refractivity contribution in [2.75, 3.05) is 21.3 Å². The van der Waals surface area contributed by atoms with Gasteiger partial charge in [0.1, 0.15) is 0 Å². The summed E-state index contributed by atoms with van der Waals surface area (Å²) in [6.45, 7) is -5.00. The fraction of sp³-hybridized carbons (Fsp3) is 0.400. The maximum absolute atomic E-state index is 15.0. The Morgan fingerprint density at radius 1 is 0.360 bits per heavy atom. The number of halogens is 12. The van der Waals surface area contributed by atoms with Gasteiger partial charge in [0.2, 0.25) is 0 Å². The summed E-state index contributed by atoms with van der Waals surface area (Å²) >= 11 is -6.58. The van der Waals surface area contributed by atoms with Crippen LogP contribution in [0.4, 0.5) is 52.7 Å². The topological polar surface area (TPSA) is 64.6 Å². The van der Waals surface area contributed by atoms with Crippen LogP contribution in [0.1, 0.15) is 47.2 Å². The van der Waals surface area contributed by atoms with Crippen molar-refractivity contribution in [2.45, 2.75) is 59.6 Å². The molecule has 0 atom stereocenters. The first-order chi connectivity index (χ1) is 23.5. The Balaban J connectivity index is 2.17. The molecule has 0 aliphatic heterocycles. The van der Waals surface area contributed by atoms with Crippen LogP contribution in [0.3, 0.4) is 0 Å². The minimum atomic E-state index is -6.58. The predicted octanol–water partition coefficient (Wildman–Crippen LogP) is 7.98. The number of rotatable bonds is 17. The first-order valence-electron chi connectivity index (χ1n) is 14.1. The molecule has 0 saturated carbocycles. The molecular formula is C30H28F12O7Zr. The number of methoxy groups -OCH3 is 3. The zero-order valence-electron chi connectivity index (χ0n) is 26.7. The van der Waals surface area contributed by atoms with E-state index in [9.17, 15) is 52.7 Å². The second kappa shape index (κ2) is 17.8. The van der Waals surface area contributed by atoms with Crippen molar-refractivity contribution < 1.29 is 100 Å². The van der Waals surface area contributed by atoms with E-state index >= 15 is 0 Å². The van der Waals surface area contributed by atoms with E-state index in [2.05, 4.69) is 14.2 Å². The van der Waals surface area contributed by atoms with E-state index in [1.807, 2.05) is 0 Å². The Bertz CT molecular complexity index is 1440. The van der Waals surface area contributed by atoms with Crippen LogP contribution < -0.4 is 0 Å². The molecule has 20 heteroatoms. The fourth-order valence-corrected chi connectivity index (χ4v) is 9.26. The summed E-state index contributed by atoms with van der Waals surface area (Å²) in [7, 11) is 2.90. The maximum atomic E-state index is 15.0. The number of benzene rings is 3. The third kappa shape index (κ3) is 8.71. The summed E-state index contributed by atoms with van der Waals surface area (Å²) in [6.07, 6.45) is -1.17. The Kier molecular flexibility index (Phi) is 14.9. The van der Waals surface area contributed by atoms with Crippen molar-refractivity contribution >= 4 is 0 Å². The molecule has 0 aromatic heterocycles. The Labute approximate surface area is 283 Å². The van der Waals surface area contributed by atoms with Crippen molar-refractivity contribution in [2.24, 2.45) is 0 Å². The van der Waals surface area contributed by atoms with Crippen molar-refractivity contribution in [1.82, 2.24) is 0 Å². The van der Waals surface area contributed by atoms with E-state index in [-0.39, 0.29) is 0 Å². The third-order valence-electron chi connectivity index (χ3n) is 6.76. The normalized spacial score (nSPS) is 12.1. The molecular weight excluding hydrogens is 792 g/mol. The van der Waals surface area contributed by atoms with Crippen molar-refractivity contribution in [3.8, 4) is 0 Å². The van der Waals surface area contributed by atoms with E-state index in [4.69, 9.17) is 11.3 Å². The van der Waals surface area contributed by atoms with Gasteiger partial charge in [-0.2, -0.15) is 0 Å². The summed E-state index contributed by atoms with van der Waals surface area (Å²) in [4.78, 5) is 0. The van der Waals surface area contributed by atoms with Gasteiger partial charge in [0.05, 0.1) is 0 Å². The molecule has 0 fully saturated rings. The standard InChI is InChI=1S/3C9H7F4O2.C3H7O.Zr/c3*1-15-3-5-8(12)6(10)4(2-14)7(11)9(5)13;1-3(2)4;/h3*2-3H2,1H3;3H,1-2H3;/q4*-1;+4. The predicted molar refractivity (Wildman–Crippen MR) is 142 cm³/mol. The summed E-state index contributed by atoms with van der Waals surface area (Å²) in [5.74, 6) is -23.7. The van der Waals surface area contributed by atoms with Crippen LogP contribution in [0.15, 0.2) is 0 Å². The summed E-state index contributed by atoms with van der Waals surface area (Å²) < 4.78 is 213. The molecule has 3 rings (SSSR count). The molecule has 3 aromatic rings. The first-order valence-corrected chi connectivity index (χ1v) is 18.1. The van der Waals surface area contributed by atoms with Gasteiger partial charge < -0.3 is 0 Å². The third-order valence-corrected chi connectivity index (χ3v) is 12.3. The molecule has 0 radical (unpaired) electrons. The molecule has 0 amide bonds. The van der Waals surface area contributed by atoms with Gasteiger partial charge in [-0.1, -0.05) is 0 Å². The van der Waals surface area contributed by atoms with Crippen LogP contribution in [0.25, 0.3) is 0 Å². The van der Waals surface area contributed by atoms with Gasteiger partial charge in [0.25, 0.3) is 0 Å². The van der Waals surface area contributed by atoms with Crippen molar-refractivity contribution in [1.29, 1.82) is 0 Å². The Morgan fingerprint density at radius 3 is 0.700 bits per heavy atom. The van der Waals surface area contributed by atoms with E-state index in [0.717, 1.165) is 21.3 Å². The van der Waals surface area contributed by atoms with Crippen molar-refractivity contribution in [3.63, 3.8) is 0 Å². The molecule has 0 heterocycles. The average molecular weight is 820 g/mol. The van der Waals surface area contributed by atoms with E-state index in [1.165, 1.54) is 13.8 Å². The number of hydrogen-bond acceptors (Lipinski definition) is 7. The summed E-state index contributed by atoms with van der Waals surface area (Å²) in [5.41, 5.74) is -7.91. The second-order valence-electron chi connectivity index (χ2n) is 10.5. The van der Waals surface area contributed by atoms with E-state index in [1.54, 1.807) is 0 Å². The molecule has 0 saturated heterocycles. The van der Waals surface area contributed by atoms with E-state index in [0.29, 0.717) is 0 Å². The van der Waals surface area contributed by atoms with Gasteiger partial charge in [-0.15, -0.1) is 0 Å². The van der Waals surface area contributed by atoms with Crippen LogP contribution in [0.5, 0.6) is 0 Å². The number of ether oxygens (including phenoxy) is 3. The van der Waals surface area contributed by atoms with Crippen LogP contribution in [0.2, 0.25) is 0 Å². The van der Waals surface area contributed by atoms with Gasteiger partial charge in [-0.25, -0.2) is 0 Å². The van der Waals surface area contributed by atoms with E-state index < -0.39 is 171 Å². The van der Waals surface area contributed by atoms with Crippen LogP contribution in [0, 0.1) is 69.8 Å². The molecule has 0 unspecified atom stereocenters. The monoisotopic (exact) mass is 818 g/mol. The first kappa shape index (κ1) is 41.8. The minimum absolute atomic E-state index is 0.917. The molecule has 0 aliphatic carbocycles. The SMILES string of the molecule is COCc1c(F)c(F)c(C[O][Zr]([O]Cc2c(F)c(F)c(COC)c(F)c2F)([O]Cc2c(F)c(F)c(COC)c(F)c2F)[O]C(C)C)c(F)c1F. The van der Waals surface area contributed by atoms with Gasteiger partial charge in [-0.3, -0.25) is 0 Å². The Morgan fingerprint density at radius 2 is 0.540 bits per heavy atom. The molecule has 7 nitrogen and oxygen atoms in total. The van der Waals surface area contributed by atoms with Gasteiger partial charge in [-0.05, 0) is 0 Å². The van der Waals surface area contributed by atoms with Crippen LogP contribution in [-0.2, 0) is 87.1 Å².